The van der Waals surface area contributed by atoms with Gasteiger partial charge >= 0.3 is 5.97 Å². The SMILES string of the molecule is CC(=O)Oc1ccc([C@H]2OC[C@H]3[C@@H](C)[C@H]2C(C)=C[C@@H]3C)cc1. The molecular weight excluding hydrogens is 276 g/mol. The lowest BCUT2D eigenvalue weighted by Gasteiger charge is -2.47. The monoisotopic (exact) mass is 300 g/mol. The molecule has 5 atom stereocenters. The van der Waals surface area contributed by atoms with Crippen molar-refractivity contribution >= 4 is 5.97 Å². The average molecular weight is 300 g/mol. The number of fused-ring (bicyclic) bond motifs is 2. The molecule has 2 bridgehead atoms. The molecule has 0 amide bonds. The molecule has 1 aliphatic heterocycles. The van der Waals surface area contributed by atoms with Crippen LogP contribution in [0.15, 0.2) is 35.9 Å². The van der Waals surface area contributed by atoms with Gasteiger partial charge in [0.1, 0.15) is 5.75 Å². The number of ether oxygens (including phenoxy) is 2. The summed E-state index contributed by atoms with van der Waals surface area (Å²) in [6.07, 6.45) is 2.51. The highest BCUT2D eigenvalue weighted by atomic mass is 16.5. The highest BCUT2D eigenvalue weighted by molar-refractivity contribution is 5.69. The van der Waals surface area contributed by atoms with Crippen LogP contribution in [-0.2, 0) is 9.53 Å². The summed E-state index contributed by atoms with van der Waals surface area (Å²) >= 11 is 0. The molecule has 1 fully saturated rings. The average Bonchev–Trinajstić information content (AvgIpc) is 2.45. The van der Waals surface area contributed by atoms with Crippen LogP contribution in [0.5, 0.6) is 5.75 Å². The first-order valence-electron chi connectivity index (χ1n) is 8.05. The first-order valence-corrected chi connectivity index (χ1v) is 8.05. The van der Waals surface area contributed by atoms with E-state index in [-0.39, 0.29) is 12.1 Å². The van der Waals surface area contributed by atoms with Gasteiger partial charge in [-0.1, -0.05) is 37.6 Å². The normalized spacial score (nSPS) is 34.0. The summed E-state index contributed by atoms with van der Waals surface area (Å²) in [5.41, 5.74) is 2.60. The molecule has 0 saturated carbocycles. The van der Waals surface area contributed by atoms with Crippen LogP contribution in [0, 0.1) is 23.7 Å². The van der Waals surface area contributed by atoms with Crippen molar-refractivity contribution in [1.29, 1.82) is 0 Å². The lowest BCUT2D eigenvalue weighted by molar-refractivity contribution is -0.131. The van der Waals surface area contributed by atoms with Crippen molar-refractivity contribution in [2.24, 2.45) is 23.7 Å². The van der Waals surface area contributed by atoms with Crippen molar-refractivity contribution in [1.82, 2.24) is 0 Å². The quantitative estimate of drug-likeness (QED) is 0.467. The molecule has 0 aromatic heterocycles. The number of allylic oxidation sites excluding steroid dienone is 1. The third kappa shape index (κ3) is 2.70. The van der Waals surface area contributed by atoms with Gasteiger partial charge < -0.3 is 9.47 Å². The van der Waals surface area contributed by atoms with E-state index < -0.39 is 0 Å². The highest BCUT2D eigenvalue weighted by Gasteiger charge is 2.43. The van der Waals surface area contributed by atoms with Gasteiger partial charge in [0.2, 0.25) is 0 Å². The second-order valence-corrected chi connectivity index (χ2v) is 6.74. The van der Waals surface area contributed by atoms with E-state index in [9.17, 15) is 4.79 Å². The Balaban J connectivity index is 1.86. The van der Waals surface area contributed by atoms with Crippen molar-refractivity contribution in [3.63, 3.8) is 0 Å². The van der Waals surface area contributed by atoms with Crippen molar-refractivity contribution in [2.75, 3.05) is 6.61 Å². The van der Waals surface area contributed by atoms with Crippen LogP contribution in [0.3, 0.4) is 0 Å². The van der Waals surface area contributed by atoms with Gasteiger partial charge in [0, 0.05) is 12.8 Å². The molecular formula is C19H24O3. The van der Waals surface area contributed by atoms with E-state index in [4.69, 9.17) is 9.47 Å². The van der Waals surface area contributed by atoms with Gasteiger partial charge in [-0.25, -0.2) is 0 Å². The van der Waals surface area contributed by atoms with Gasteiger partial charge in [0.25, 0.3) is 0 Å². The van der Waals surface area contributed by atoms with Crippen LogP contribution < -0.4 is 4.74 Å². The Bertz CT molecular complexity index is 587. The van der Waals surface area contributed by atoms with Gasteiger partial charge in [-0.2, -0.15) is 0 Å². The van der Waals surface area contributed by atoms with Crippen molar-refractivity contribution in [3.8, 4) is 5.75 Å². The number of esters is 1. The van der Waals surface area contributed by atoms with E-state index in [0.29, 0.717) is 29.4 Å². The molecule has 0 N–H and O–H groups in total. The largest absolute Gasteiger partial charge is 0.427 e. The van der Waals surface area contributed by atoms with Gasteiger partial charge in [-0.05, 0) is 42.4 Å². The molecule has 22 heavy (non-hydrogen) atoms. The Morgan fingerprint density at radius 3 is 2.55 bits per heavy atom. The van der Waals surface area contributed by atoms with Crippen LogP contribution in [-0.4, -0.2) is 12.6 Å². The fourth-order valence-electron chi connectivity index (χ4n) is 4.14. The Morgan fingerprint density at radius 1 is 1.23 bits per heavy atom. The molecule has 1 aromatic carbocycles. The lowest BCUT2D eigenvalue weighted by atomic mass is 9.64. The molecule has 2 aliphatic rings. The minimum Gasteiger partial charge on any atom is -0.427 e. The maximum absolute atomic E-state index is 11.0. The maximum Gasteiger partial charge on any atom is 0.308 e. The zero-order valence-electron chi connectivity index (χ0n) is 13.7. The number of hydrogen-bond donors (Lipinski definition) is 0. The molecule has 1 aromatic rings. The van der Waals surface area contributed by atoms with Gasteiger partial charge in [0.15, 0.2) is 0 Å². The Kier molecular flexibility index (Phi) is 4.09. The van der Waals surface area contributed by atoms with E-state index in [1.54, 1.807) is 0 Å². The molecule has 3 rings (SSSR count). The van der Waals surface area contributed by atoms with Gasteiger partial charge in [-0.15, -0.1) is 0 Å². The smallest absolute Gasteiger partial charge is 0.308 e. The summed E-state index contributed by atoms with van der Waals surface area (Å²) < 4.78 is 11.3. The molecule has 1 heterocycles. The Hall–Kier alpha value is -1.61. The fraction of sp³-hybridized carbons (Fsp3) is 0.526. The molecule has 3 nitrogen and oxygen atoms in total. The number of benzene rings is 1. The maximum atomic E-state index is 11.0. The number of carbonyl (C=O) groups is 1. The number of rotatable bonds is 2. The van der Waals surface area contributed by atoms with Gasteiger partial charge in [-0.3, -0.25) is 4.79 Å². The minimum absolute atomic E-state index is 0.0985. The third-order valence-corrected chi connectivity index (χ3v) is 5.23. The van der Waals surface area contributed by atoms with Crippen LogP contribution in [0.1, 0.15) is 39.4 Å². The Morgan fingerprint density at radius 2 is 1.91 bits per heavy atom. The molecule has 0 spiro atoms. The third-order valence-electron chi connectivity index (χ3n) is 5.23. The second kappa shape index (κ2) is 5.88. The summed E-state index contributed by atoms with van der Waals surface area (Å²) in [5.74, 6) is 2.57. The van der Waals surface area contributed by atoms with E-state index in [1.807, 2.05) is 24.3 Å². The van der Waals surface area contributed by atoms with Crippen LogP contribution in [0.2, 0.25) is 0 Å². The van der Waals surface area contributed by atoms with E-state index >= 15 is 0 Å². The predicted molar refractivity (Wildman–Crippen MR) is 85.5 cm³/mol. The summed E-state index contributed by atoms with van der Waals surface area (Å²) in [6, 6.07) is 7.73. The lowest BCUT2D eigenvalue weighted by Crippen LogP contribution is -2.42. The molecule has 118 valence electrons. The van der Waals surface area contributed by atoms with Crippen molar-refractivity contribution in [2.45, 2.75) is 33.8 Å². The first-order chi connectivity index (χ1) is 10.5. The fourth-order valence-corrected chi connectivity index (χ4v) is 4.14. The van der Waals surface area contributed by atoms with Crippen LogP contribution >= 0.6 is 0 Å². The Labute approximate surface area is 132 Å². The summed E-state index contributed by atoms with van der Waals surface area (Å²) in [6.45, 7) is 9.10. The summed E-state index contributed by atoms with van der Waals surface area (Å²) in [4.78, 5) is 11.0. The molecule has 0 unspecified atom stereocenters. The van der Waals surface area contributed by atoms with E-state index in [1.165, 1.54) is 12.5 Å². The van der Waals surface area contributed by atoms with E-state index in [2.05, 4.69) is 26.8 Å². The molecule has 1 saturated heterocycles. The highest BCUT2D eigenvalue weighted by Crippen LogP contribution is 2.49. The zero-order chi connectivity index (χ0) is 15.9. The number of carbonyl (C=O) groups excluding carboxylic acids is 1. The molecule has 0 radical (unpaired) electrons. The minimum atomic E-state index is -0.293. The van der Waals surface area contributed by atoms with Gasteiger partial charge in [0.05, 0.1) is 12.7 Å². The first kappa shape index (κ1) is 15.3. The predicted octanol–water partition coefficient (Wildman–Crippen LogP) is 4.15. The standard InChI is InChI=1S/C19H24O3/c1-11-9-12(2)18-13(3)17(11)10-21-19(18)15-5-7-16(8-6-15)22-14(4)20/h5-9,11,13,17-19H,10H2,1-4H3/t11-,13+,17+,18+,19+/m0/s1. The van der Waals surface area contributed by atoms with Crippen molar-refractivity contribution < 1.29 is 14.3 Å². The summed E-state index contributed by atoms with van der Waals surface area (Å²) in [5, 5.41) is 0. The van der Waals surface area contributed by atoms with Crippen molar-refractivity contribution in [3.05, 3.63) is 41.5 Å². The van der Waals surface area contributed by atoms with Crippen LogP contribution in [0.25, 0.3) is 0 Å². The number of hydrogen-bond acceptors (Lipinski definition) is 3. The molecule has 1 aliphatic carbocycles. The zero-order valence-corrected chi connectivity index (χ0v) is 13.7. The summed E-state index contributed by atoms with van der Waals surface area (Å²) in [7, 11) is 0. The second-order valence-electron chi connectivity index (χ2n) is 6.74. The van der Waals surface area contributed by atoms with E-state index in [0.717, 1.165) is 12.2 Å². The molecule has 3 heteroatoms. The topological polar surface area (TPSA) is 35.5 Å². The van der Waals surface area contributed by atoms with Crippen LogP contribution in [0.4, 0.5) is 0 Å².